The molecule has 2 N–H and O–H groups in total. The predicted molar refractivity (Wildman–Crippen MR) is 72.0 cm³/mol. The van der Waals surface area contributed by atoms with Crippen LogP contribution in [0, 0.1) is 0 Å². The van der Waals surface area contributed by atoms with Gasteiger partial charge < -0.3 is 14.8 Å². The van der Waals surface area contributed by atoms with Crippen LogP contribution in [0.15, 0.2) is 40.8 Å². The van der Waals surface area contributed by atoms with Gasteiger partial charge in [0, 0.05) is 23.2 Å². The maximum Gasteiger partial charge on any atom is 0.151 e. The van der Waals surface area contributed by atoms with E-state index in [0.717, 1.165) is 34.8 Å². The van der Waals surface area contributed by atoms with E-state index in [1.54, 1.807) is 0 Å². The van der Waals surface area contributed by atoms with Crippen LogP contribution in [-0.2, 0) is 6.42 Å². The molecular formula is C15H15NO2. The van der Waals surface area contributed by atoms with Gasteiger partial charge in [0.15, 0.2) is 6.23 Å². The number of aliphatic hydroxyl groups excluding tert-OH is 1. The second-order valence-corrected chi connectivity index (χ2v) is 4.35. The van der Waals surface area contributed by atoms with E-state index in [1.807, 2.05) is 42.5 Å². The van der Waals surface area contributed by atoms with Crippen molar-refractivity contribution in [3.63, 3.8) is 0 Å². The van der Waals surface area contributed by atoms with Gasteiger partial charge in [0.2, 0.25) is 0 Å². The number of rotatable bonds is 2. The lowest BCUT2D eigenvalue weighted by Crippen LogP contribution is -2.12. The molecule has 0 saturated heterocycles. The van der Waals surface area contributed by atoms with Crippen LogP contribution >= 0.6 is 0 Å². The van der Waals surface area contributed by atoms with Crippen LogP contribution in [0.25, 0.3) is 11.6 Å². The SMILES string of the molecule is CCc1ccc(/C=C2/c3ccccc3NC2O)o1. The van der Waals surface area contributed by atoms with Crippen molar-refractivity contribution in [3.8, 4) is 0 Å². The van der Waals surface area contributed by atoms with Crippen LogP contribution in [0.3, 0.4) is 0 Å². The van der Waals surface area contributed by atoms with Gasteiger partial charge in [-0.15, -0.1) is 0 Å². The number of anilines is 1. The number of aliphatic hydroxyl groups is 1. The molecule has 1 unspecified atom stereocenters. The van der Waals surface area contributed by atoms with Gasteiger partial charge in [-0.25, -0.2) is 0 Å². The fourth-order valence-electron chi connectivity index (χ4n) is 2.21. The molecule has 0 saturated carbocycles. The van der Waals surface area contributed by atoms with E-state index in [4.69, 9.17) is 4.42 Å². The molecule has 0 radical (unpaired) electrons. The molecule has 0 spiro atoms. The van der Waals surface area contributed by atoms with Gasteiger partial charge in [0.05, 0.1) is 0 Å². The van der Waals surface area contributed by atoms with Crippen molar-refractivity contribution in [3.05, 3.63) is 53.5 Å². The Morgan fingerprint density at radius 1 is 1.28 bits per heavy atom. The Hall–Kier alpha value is -2.00. The first-order chi connectivity index (χ1) is 8.78. The van der Waals surface area contributed by atoms with E-state index in [2.05, 4.69) is 12.2 Å². The molecule has 92 valence electrons. The summed E-state index contributed by atoms with van der Waals surface area (Å²) >= 11 is 0. The quantitative estimate of drug-likeness (QED) is 0.849. The Morgan fingerprint density at radius 2 is 2.11 bits per heavy atom. The maximum atomic E-state index is 10.0. The number of furan rings is 1. The molecule has 2 heterocycles. The second kappa shape index (κ2) is 4.35. The zero-order chi connectivity index (χ0) is 12.5. The number of benzene rings is 1. The standard InChI is InChI=1S/C15H15NO2/c1-2-10-7-8-11(18-10)9-13-12-5-3-4-6-14(12)16-15(13)17/h3-9,15-17H,2H2,1H3/b13-9-. The Kier molecular flexibility index (Phi) is 2.68. The van der Waals surface area contributed by atoms with Gasteiger partial charge >= 0.3 is 0 Å². The molecule has 1 aliphatic rings. The second-order valence-electron chi connectivity index (χ2n) is 4.35. The molecule has 1 atom stereocenters. The number of hydrogen-bond donors (Lipinski definition) is 2. The van der Waals surface area contributed by atoms with Gasteiger partial charge in [-0.3, -0.25) is 0 Å². The minimum Gasteiger partial charge on any atom is -0.462 e. The first-order valence-corrected chi connectivity index (χ1v) is 6.12. The third kappa shape index (κ3) is 1.83. The summed E-state index contributed by atoms with van der Waals surface area (Å²) in [5, 5.41) is 13.0. The Labute approximate surface area is 106 Å². The highest BCUT2D eigenvalue weighted by Gasteiger charge is 2.23. The predicted octanol–water partition coefficient (Wildman–Crippen LogP) is 3.13. The molecule has 3 heteroatoms. The largest absolute Gasteiger partial charge is 0.462 e. The van der Waals surface area contributed by atoms with Crippen molar-refractivity contribution in [2.24, 2.45) is 0 Å². The first kappa shape index (κ1) is 11.1. The van der Waals surface area contributed by atoms with E-state index < -0.39 is 6.23 Å². The fourth-order valence-corrected chi connectivity index (χ4v) is 2.21. The minimum absolute atomic E-state index is 0.669. The monoisotopic (exact) mass is 241 g/mol. The summed E-state index contributed by atoms with van der Waals surface area (Å²) in [4.78, 5) is 0. The summed E-state index contributed by atoms with van der Waals surface area (Å²) < 4.78 is 5.64. The first-order valence-electron chi connectivity index (χ1n) is 6.12. The van der Waals surface area contributed by atoms with Gasteiger partial charge in [-0.05, 0) is 24.3 Å². The normalized spacial score (nSPS) is 19.9. The molecule has 3 nitrogen and oxygen atoms in total. The van der Waals surface area contributed by atoms with Crippen LogP contribution < -0.4 is 5.32 Å². The van der Waals surface area contributed by atoms with Gasteiger partial charge in [0.1, 0.15) is 11.5 Å². The van der Waals surface area contributed by atoms with Crippen molar-refractivity contribution in [2.75, 3.05) is 5.32 Å². The average molecular weight is 241 g/mol. The van der Waals surface area contributed by atoms with Crippen LogP contribution in [0.4, 0.5) is 5.69 Å². The van der Waals surface area contributed by atoms with Crippen molar-refractivity contribution < 1.29 is 9.52 Å². The average Bonchev–Trinajstić information content (AvgIpc) is 2.96. The molecule has 0 fully saturated rings. The zero-order valence-electron chi connectivity index (χ0n) is 10.2. The molecule has 1 aromatic heterocycles. The van der Waals surface area contributed by atoms with E-state index >= 15 is 0 Å². The Balaban J connectivity index is 2.01. The molecule has 3 rings (SSSR count). The van der Waals surface area contributed by atoms with Crippen LogP contribution in [0.5, 0.6) is 0 Å². The van der Waals surface area contributed by atoms with Crippen LogP contribution in [0.2, 0.25) is 0 Å². The highest BCUT2D eigenvalue weighted by atomic mass is 16.3. The number of fused-ring (bicyclic) bond motifs is 1. The highest BCUT2D eigenvalue weighted by Crippen LogP contribution is 2.35. The molecule has 0 bridgehead atoms. The molecule has 18 heavy (non-hydrogen) atoms. The van der Waals surface area contributed by atoms with E-state index in [-0.39, 0.29) is 0 Å². The van der Waals surface area contributed by atoms with Gasteiger partial charge in [-0.2, -0.15) is 0 Å². The molecule has 1 aliphatic heterocycles. The van der Waals surface area contributed by atoms with E-state index in [9.17, 15) is 5.11 Å². The minimum atomic E-state index is -0.669. The van der Waals surface area contributed by atoms with Gasteiger partial charge in [-0.1, -0.05) is 25.1 Å². The van der Waals surface area contributed by atoms with Crippen molar-refractivity contribution in [2.45, 2.75) is 19.6 Å². The summed E-state index contributed by atoms with van der Waals surface area (Å²) in [7, 11) is 0. The van der Waals surface area contributed by atoms with Crippen LogP contribution in [0.1, 0.15) is 24.0 Å². The summed E-state index contributed by atoms with van der Waals surface area (Å²) in [6, 6.07) is 11.8. The molecule has 0 amide bonds. The summed E-state index contributed by atoms with van der Waals surface area (Å²) in [5.41, 5.74) is 2.83. The van der Waals surface area contributed by atoms with Gasteiger partial charge in [0.25, 0.3) is 0 Å². The smallest absolute Gasteiger partial charge is 0.151 e. The lowest BCUT2D eigenvalue weighted by Gasteiger charge is -2.04. The summed E-state index contributed by atoms with van der Waals surface area (Å²) in [6.07, 6.45) is 2.10. The van der Waals surface area contributed by atoms with Crippen LogP contribution in [-0.4, -0.2) is 11.3 Å². The maximum absolute atomic E-state index is 10.0. The lowest BCUT2D eigenvalue weighted by molar-refractivity contribution is 0.266. The number of para-hydroxylation sites is 1. The number of nitrogens with one attached hydrogen (secondary N) is 1. The number of aryl methyl sites for hydroxylation is 1. The molecule has 2 aromatic rings. The topological polar surface area (TPSA) is 45.4 Å². The molecule has 1 aromatic carbocycles. The Bertz CT molecular complexity index is 598. The third-order valence-corrected chi connectivity index (χ3v) is 3.15. The molecule has 0 aliphatic carbocycles. The van der Waals surface area contributed by atoms with Crippen molar-refractivity contribution >= 4 is 17.3 Å². The number of hydrogen-bond acceptors (Lipinski definition) is 3. The fraction of sp³-hybridized carbons (Fsp3) is 0.200. The van der Waals surface area contributed by atoms with E-state index in [1.165, 1.54) is 0 Å². The third-order valence-electron chi connectivity index (χ3n) is 3.15. The Morgan fingerprint density at radius 3 is 2.89 bits per heavy atom. The summed E-state index contributed by atoms with van der Waals surface area (Å²) in [5.74, 6) is 1.73. The van der Waals surface area contributed by atoms with Crippen molar-refractivity contribution in [1.82, 2.24) is 0 Å². The summed E-state index contributed by atoms with van der Waals surface area (Å²) in [6.45, 7) is 2.05. The molecular weight excluding hydrogens is 226 g/mol. The zero-order valence-corrected chi connectivity index (χ0v) is 10.2. The lowest BCUT2D eigenvalue weighted by atomic mass is 10.1. The van der Waals surface area contributed by atoms with E-state index in [0.29, 0.717) is 0 Å². The van der Waals surface area contributed by atoms with Crippen molar-refractivity contribution in [1.29, 1.82) is 0 Å². The highest BCUT2D eigenvalue weighted by molar-refractivity contribution is 5.93.